The molecule has 140 valence electrons. The Kier molecular flexibility index (Phi) is 5.05. The summed E-state index contributed by atoms with van der Waals surface area (Å²) >= 11 is 6.25. The number of benzene rings is 1. The van der Waals surface area contributed by atoms with Crippen molar-refractivity contribution in [3.05, 3.63) is 62.6 Å². The van der Waals surface area contributed by atoms with Crippen LogP contribution in [0.5, 0.6) is 5.75 Å². The number of pyridine rings is 1. The molecular formula is C19H18ClN3O4. The van der Waals surface area contributed by atoms with E-state index in [4.69, 9.17) is 26.5 Å². The summed E-state index contributed by atoms with van der Waals surface area (Å²) in [5.74, 6) is 0.501. The third kappa shape index (κ3) is 3.88. The maximum absolute atomic E-state index is 12.5. The smallest absolute Gasteiger partial charge is 0.414 e. The number of rotatable bonds is 3. The van der Waals surface area contributed by atoms with E-state index in [0.717, 1.165) is 5.56 Å². The van der Waals surface area contributed by atoms with Gasteiger partial charge in [-0.1, -0.05) is 17.7 Å². The van der Waals surface area contributed by atoms with Crippen molar-refractivity contribution in [2.45, 2.75) is 13.3 Å². The van der Waals surface area contributed by atoms with Gasteiger partial charge in [0.15, 0.2) is 5.75 Å². The second kappa shape index (κ2) is 7.28. The van der Waals surface area contributed by atoms with Gasteiger partial charge in [-0.2, -0.15) is 0 Å². The summed E-state index contributed by atoms with van der Waals surface area (Å²) in [4.78, 5) is 29.7. The molecule has 0 unspecified atom stereocenters. The molecule has 2 heterocycles. The van der Waals surface area contributed by atoms with Gasteiger partial charge in [0.2, 0.25) is 0 Å². The zero-order valence-electron chi connectivity index (χ0n) is 15.1. The molecule has 27 heavy (non-hydrogen) atoms. The Labute approximate surface area is 160 Å². The van der Waals surface area contributed by atoms with Gasteiger partial charge in [0.25, 0.3) is 0 Å². The minimum atomic E-state index is -0.584. The first-order valence-corrected chi connectivity index (χ1v) is 8.50. The highest BCUT2D eigenvalue weighted by atomic mass is 35.5. The molecule has 7 nitrogen and oxygen atoms in total. The van der Waals surface area contributed by atoms with Crippen LogP contribution in [0.2, 0.25) is 5.02 Å². The first-order valence-electron chi connectivity index (χ1n) is 8.12. The summed E-state index contributed by atoms with van der Waals surface area (Å²) in [6.07, 6.45) is -0.302. The molecule has 0 fully saturated rings. The number of nitrogens with zero attached hydrogens (tertiary/aromatic N) is 2. The first-order chi connectivity index (χ1) is 12.8. The number of ether oxygens (including phenoxy) is 1. The lowest BCUT2D eigenvalue weighted by molar-refractivity contribution is 0.172. The lowest BCUT2D eigenvalue weighted by atomic mass is 10.0. The van der Waals surface area contributed by atoms with Crippen LogP contribution in [0.4, 0.5) is 10.6 Å². The summed E-state index contributed by atoms with van der Waals surface area (Å²) < 4.78 is 10.6. The largest absolute Gasteiger partial charge is 0.422 e. The fraction of sp³-hybridized carbons (Fsp3) is 0.211. The van der Waals surface area contributed by atoms with E-state index < -0.39 is 11.7 Å². The van der Waals surface area contributed by atoms with Crippen molar-refractivity contribution in [3.8, 4) is 5.75 Å². The van der Waals surface area contributed by atoms with Crippen LogP contribution in [-0.4, -0.2) is 30.1 Å². The number of aromatic nitrogens is 1. The van der Waals surface area contributed by atoms with E-state index in [0.29, 0.717) is 22.5 Å². The molecule has 0 radical (unpaired) electrons. The van der Waals surface area contributed by atoms with Gasteiger partial charge >= 0.3 is 11.7 Å². The monoisotopic (exact) mass is 387 g/mol. The Bertz CT molecular complexity index is 1090. The Morgan fingerprint density at radius 2 is 2.07 bits per heavy atom. The number of nitrogen functional groups attached to an aromatic ring is 1. The predicted molar refractivity (Wildman–Crippen MR) is 103 cm³/mol. The number of hydrogen-bond acceptors (Lipinski definition) is 6. The van der Waals surface area contributed by atoms with Gasteiger partial charge in [-0.05, 0) is 30.7 Å². The second-order valence-electron chi connectivity index (χ2n) is 6.26. The highest BCUT2D eigenvalue weighted by Crippen LogP contribution is 2.32. The first kappa shape index (κ1) is 18.7. The molecule has 0 aliphatic heterocycles. The Balaban J connectivity index is 2.06. The molecule has 0 bridgehead atoms. The Hall–Kier alpha value is -3.06. The second-order valence-corrected chi connectivity index (χ2v) is 6.67. The van der Waals surface area contributed by atoms with E-state index in [1.54, 1.807) is 38.4 Å². The van der Waals surface area contributed by atoms with Crippen molar-refractivity contribution in [1.29, 1.82) is 0 Å². The summed E-state index contributed by atoms with van der Waals surface area (Å²) in [6, 6.07) is 8.30. The van der Waals surface area contributed by atoms with Crippen LogP contribution < -0.4 is 16.1 Å². The molecule has 0 aliphatic rings. The number of aryl methyl sites for hydroxylation is 1. The molecular weight excluding hydrogens is 370 g/mol. The topological polar surface area (TPSA) is 98.7 Å². The fourth-order valence-electron chi connectivity index (χ4n) is 2.64. The van der Waals surface area contributed by atoms with E-state index in [1.165, 1.54) is 11.0 Å². The molecule has 2 aromatic heterocycles. The molecule has 0 spiro atoms. The van der Waals surface area contributed by atoms with Crippen LogP contribution in [0.15, 0.2) is 39.5 Å². The number of carbonyl (C=O) groups excluding carboxylic acids is 1. The summed E-state index contributed by atoms with van der Waals surface area (Å²) in [6.45, 7) is 1.81. The van der Waals surface area contributed by atoms with Crippen molar-refractivity contribution >= 4 is 34.5 Å². The predicted octanol–water partition coefficient (Wildman–Crippen LogP) is 3.38. The average molecular weight is 388 g/mol. The number of fused-ring (bicyclic) bond motifs is 1. The van der Waals surface area contributed by atoms with Gasteiger partial charge in [-0.15, -0.1) is 0 Å². The van der Waals surface area contributed by atoms with Gasteiger partial charge in [-0.3, -0.25) is 0 Å². The minimum Gasteiger partial charge on any atom is -0.422 e. The van der Waals surface area contributed by atoms with E-state index >= 15 is 0 Å². The van der Waals surface area contributed by atoms with Crippen LogP contribution in [0.1, 0.15) is 16.8 Å². The zero-order chi connectivity index (χ0) is 19.7. The summed E-state index contributed by atoms with van der Waals surface area (Å²) in [5.41, 5.74) is 7.34. The summed E-state index contributed by atoms with van der Waals surface area (Å²) in [7, 11) is 3.11. The standard InChI is InChI=1S/C19H18ClN3O4/c1-10-12-8-14(20)16(27-19(25)23(2)3)9-15(12)26-18(24)13(10)7-11-5-4-6-17(21)22-11/h4-6,8-9H,7H2,1-3H3,(H2,21,22). The van der Waals surface area contributed by atoms with Crippen molar-refractivity contribution in [1.82, 2.24) is 9.88 Å². The number of amides is 1. The number of anilines is 1. The number of hydrogen-bond donors (Lipinski definition) is 1. The molecule has 0 saturated heterocycles. The van der Waals surface area contributed by atoms with Crippen molar-refractivity contribution in [3.63, 3.8) is 0 Å². The number of halogens is 1. The number of carbonyl (C=O) groups is 1. The fourth-order valence-corrected chi connectivity index (χ4v) is 2.84. The van der Waals surface area contributed by atoms with Crippen LogP contribution in [0.25, 0.3) is 11.0 Å². The zero-order valence-corrected chi connectivity index (χ0v) is 15.8. The maximum Gasteiger partial charge on any atom is 0.414 e. The molecule has 0 atom stereocenters. The molecule has 8 heteroatoms. The van der Waals surface area contributed by atoms with E-state index in [-0.39, 0.29) is 22.8 Å². The van der Waals surface area contributed by atoms with Gasteiger partial charge in [-0.25, -0.2) is 14.6 Å². The van der Waals surface area contributed by atoms with Crippen LogP contribution in [0, 0.1) is 6.92 Å². The molecule has 0 saturated carbocycles. The molecule has 1 amide bonds. The lowest BCUT2D eigenvalue weighted by Gasteiger charge is -2.13. The Morgan fingerprint density at radius 1 is 1.33 bits per heavy atom. The lowest BCUT2D eigenvalue weighted by Crippen LogP contribution is -2.25. The molecule has 0 aliphatic carbocycles. The van der Waals surface area contributed by atoms with Crippen molar-refractivity contribution in [2.24, 2.45) is 0 Å². The van der Waals surface area contributed by atoms with E-state index in [9.17, 15) is 9.59 Å². The Morgan fingerprint density at radius 3 is 2.74 bits per heavy atom. The van der Waals surface area contributed by atoms with Crippen LogP contribution in [-0.2, 0) is 6.42 Å². The molecule has 3 rings (SSSR count). The average Bonchev–Trinajstić information content (AvgIpc) is 2.60. The third-order valence-corrected chi connectivity index (χ3v) is 4.38. The van der Waals surface area contributed by atoms with Gasteiger partial charge in [0.1, 0.15) is 11.4 Å². The SMILES string of the molecule is Cc1c(Cc2cccc(N)n2)c(=O)oc2cc(OC(=O)N(C)C)c(Cl)cc12. The highest BCUT2D eigenvalue weighted by molar-refractivity contribution is 6.33. The van der Waals surface area contributed by atoms with Gasteiger partial charge < -0.3 is 19.8 Å². The minimum absolute atomic E-state index is 0.121. The van der Waals surface area contributed by atoms with Gasteiger partial charge in [0, 0.05) is 43.2 Å². The maximum atomic E-state index is 12.5. The van der Waals surface area contributed by atoms with E-state index in [1.807, 2.05) is 6.92 Å². The third-order valence-electron chi connectivity index (χ3n) is 4.09. The quantitative estimate of drug-likeness (QED) is 0.691. The van der Waals surface area contributed by atoms with Crippen molar-refractivity contribution in [2.75, 3.05) is 19.8 Å². The number of nitrogens with two attached hydrogens (primary N) is 1. The summed E-state index contributed by atoms with van der Waals surface area (Å²) in [5, 5.41) is 0.894. The molecule has 2 N–H and O–H groups in total. The molecule has 3 aromatic rings. The van der Waals surface area contributed by atoms with Crippen LogP contribution >= 0.6 is 11.6 Å². The van der Waals surface area contributed by atoms with Crippen LogP contribution in [0.3, 0.4) is 0 Å². The van der Waals surface area contributed by atoms with Gasteiger partial charge in [0.05, 0.1) is 5.02 Å². The normalized spacial score (nSPS) is 10.8. The van der Waals surface area contributed by atoms with E-state index in [2.05, 4.69) is 4.98 Å². The van der Waals surface area contributed by atoms with Crippen molar-refractivity contribution < 1.29 is 13.9 Å². The molecule has 1 aromatic carbocycles. The highest BCUT2D eigenvalue weighted by Gasteiger charge is 2.17.